The molecule has 0 aromatic carbocycles. The van der Waals surface area contributed by atoms with E-state index in [0.29, 0.717) is 12.3 Å². The Labute approximate surface area is 97.8 Å². The summed E-state index contributed by atoms with van der Waals surface area (Å²) < 4.78 is 0. The largest absolute Gasteiger partial charge is 0.394 e. The van der Waals surface area contributed by atoms with Crippen molar-refractivity contribution in [1.29, 1.82) is 0 Å². The number of aliphatic hydroxyl groups excluding tert-OH is 1. The van der Waals surface area contributed by atoms with Crippen LogP contribution >= 0.6 is 0 Å². The molecule has 1 fully saturated rings. The number of nitrogens with one attached hydrogen (secondary N) is 2. The summed E-state index contributed by atoms with van der Waals surface area (Å²) in [5, 5.41) is 15.2. The molecule has 16 heavy (non-hydrogen) atoms. The molecule has 4 nitrogen and oxygen atoms in total. The van der Waals surface area contributed by atoms with Crippen molar-refractivity contribution in [3.63, 3.8) is 0 Å². The third kappa shape index (κ3) is 4.94. The summed E-state index contributed by atoms with van der Waals surface area (Å²) >= 11 is 0. The summed E-state index contributed by atoms with van der Waals surface area (Å²) in [6, 6.07) is -0.0722. The predicted octanol–water partition coefficient (Wildman–Crippen LogP) is 0.653. The lowest BCUT2D eigenvalue weighted by atomic mass is 9.94. The van der Waals surface area contributed by atoms with E-state index in [2.05, 4.69) is 10.6 Å². The van der Waals surface area contributed by atoms with Gasteiger partial charge in [-0.25, -0.2) is 0 Å². The SMILES string of the molecule is CCC(CO)NC(=O)CCC1CCCNC1. The molecule has 1 heterocycles. The van der Waals surface area contributed by atoms with E-state index in [-0.39, 0.29) is 18.6 Å². The number of rotatable bonds is 6. The summed E-state index contributed by atoms with van der Waals surface area (Å²) in [6.45, 7) is 4.16. The zero-order chi connectivity index (χ0) is 11.8. The average molecular weight is 228 g/mol. The molecule has 1 amide bonds. The highest BCUT2D eigenvalue weighted by Crippen LogP contribution is 2.15. The zero-order valence-corrected chi connectivity index (χ0v) is 10.2. The van der Waals surface area contributed by atoms with Gasteiger partial charge in [0, 0.05) is 6.42 Å². The average Bonchev–Trinajstić information content (AvgIpc) is 2.34. The molecule has 1 aliphatic rings. The van der Waals surface area contributed by atoms with Crippen LogP contribution in [0.25, 0.3) is 0 Å². The van der Waals surface area contributed by atoms with Crippen LogP contribution < -0.4 is 10.6 Å². The molecular formula is C12H24N2O2. The molecule has 1 saturated heterocycles. The van der Waals surface area contributed by atoms with Gasteiger partial charge in [-0.2, -0.15) is 0 Å². The molecule has 94 valence electrons. The quantitative estimate of drug-likeness (QED) is 0.625. The fraction of sp³-hybridized carbons (Fsp3) is 0.917. The summed E-state index contributed by atoms with van der Waals surface area (Å²) in [5.74, 6) is 0.722. The number of hydrogen-bond acceptors (Lipinski definition) is 3. The number of aliphatic hydroxyl groups is 1. The highest BCUT2D eigenvalue weighted by atomic mass is 16.3. The maximum absolute atomic E-state index is 11.6. The highest BCUT2D eigenvalue weighted by Gasteiger charge is 2.15. The molecule has 1 rings (SSSR count). The maximum atomic E-state index is 11.6. The Morgan fingerprint density at radius 2 is 2.44 bits per heavy atom. The van der Waals surface area contributed by atoms with Gasteiger partial charge in [0.2, 0.25) is 5.91 Å². The lowest BCUT2D eigenvalue weighted by Crippen LogP contribution is -2.37. The lowest BCUT2D eigenvalue weighted by molar-refractivity contribution is -0.122. The van der Waals surface area contributed by atoms with Gasteiger partial charge in [-0.15, -0.1) is 0 Å². The van der Waals surface area contributed by atoms with E-state index in [1.807, 2.05) is 6.92 Å². The Hall–Kier alpha value is -0.610. The van der Waals surface area contributed by atoms with E-state index in [0.717, 1.165) is 25.9 Å². The topological polar surface area (TPSA) is 61.4 Å². The standard InChI is InChI=1S/C12H24N2O2/c1-2-11(9-15)14-12(16)6-5-10-4-3-7-13-8-10/h10-11,13,15H,2-9H2,1H3,(H,14,16). The van der Waals surface area contributed by atoms with Crippen LogP contribution in [0.15, 0.2) is 0 Å². The van der Waals surface area contributed by atoms with Crippen molar-refractivity contribution in [2.45, 2.75) is 45.1 Å². The van der Waals surface area contributed by atoms with Gasteiger partial charge in [0.25, 0.3) is 0 Å². The first-order valence-corrected chi connectivity index (χ1v) is 6.37. The number of carbonyl (C=O) groups excluding carboxylic acids is 1. The molecule has 3 N–H and O–H groups in total. The smallest absolute Gasteiger partial charge is 0.220 e. The molecule has 4 heteroatoms. The van der Waals surface area contributed by atoms with Crippen molar-refractivity contribution < 1.29 is 9.90 Å². The van der Waals surface area contributed by atoms with E-state index in [1.165, 1.54) is 12.8 Å². The van der Waals surface area contributed by atoms with Crippen LogP contribution in [0.2, 0.25) is 0 Å². The monoisotopic (exact) mass is 228 g/mol. The molecule has 0 aromatic heterocycles. The minimum atomic E-state index is -0.0722. The Morgan fingerprint density at radius 1 is 1.62 bits per heavy atom. The van der Waals surface area contributed by atoms with Gasteiger partial charge in [0.1, 0.15) is 0 Å². The van der Waals surface area contributed by atoms with Crippen molar-refractivity contribution in [3.05, 3.63) is 0 Å². The fourth-order valence-corrected chi connectivity index (χ4v) is 2.08. The molecule has 2 unspecified atom stereocenters. The summed E-state index contributed by atoms with van der Waals surface area (Å²) in [4.78, 5) is 11.6. The molecule has 0 bridgehead atoms. The van der Waals surface area contributed by atoms with Crippen LogP contribution in [0.3, 0.4) is 0 Å². The fourth-order valence-electron chi connectivity index (χ4n) is 2.08. The van der Waals surface area contributed by atoms with E-state index in [4.69, 9.17) is 5.11 Å². The lowest BCUT2D eigenvalue weighted by Gasteiger charge is -2.22. The molecular weight excluding hydrogens is 204 g/mol. The van der Waals surface area contributed by atoms with Gasteiger partial charge in [-0.05, 0) is 44.7 Å². The van der Waals surface area contributed by atoms with E-state index >= 15 is 0 Å². The van der Waals surface area contributed by atoms with Crippen LogP contribution in [0.4, 0.5) is 0 Å². The zero-order valence-electron chi connectivity index (χ0n) is 10.2. The van der Waals surface area contributed by atoms with Gasteiger partial charge in [-0.1, -0.05) is 6.92 Å². The van der Waals surface area contributed by atoms with Crippen LogP contribution in [0.5, 0.6) is 0 Å². The second kappa shape index (κ2) is 7.63. The summed E-state index contributed by atoms with van der Waals surface area (Å²) in [6.07, 6.45) is 4.79. The molecule has 1 aliphatic heterocycles. The number of amides is 1. The van der Waals surface area contributed by atoms with Crippen molar-refractivity contribution in [2.24, 2.45) is 5.92 Å². The minimum absolute atomic E-state index is 0.0349. The van der Waals surface area contributed by atoms with E-state index < -0.39 is 0 Å². The van der Waals surface area contributed by atoms with Gasteiger partial charge in [-0.3, -0.25) is 4.79 Å². The second-order valence-corrected chi connectivity index (χ2v) is 4.61. The van der Waals surface area contributed by atoms with E-state index in [9.17, 15) is 4.79 Å². The van der Waals surface area contributed by atoms with Crippen molar-refractivity contribution in [3.8, 4) is 0 Å². The Bertz CT molecular complexity index is 199. The van der Waals surface area contributed by atoms with Gasteiger partial charge < -0.3 is 15.7 Å². The highest BCUT2D eigenvalue weighted by molar-refractivity contribution is 5.76. The molecule has 0 saturated carbocycles. The maximum Gasteiger partial charge on any atom is 0.220 e. The third-order valence-corrected chi connectivity index (χ3v) is 3.26. The molecule has 0 spiro atoms. The van der Waals surface area contributed by atoms with Crippen LogP contribution in [-0.2, 0) is 4.79 Å². The summed E-state index contributed by atoms with van der Waals surface area (Å²) in [5.41, 5.74) is 0. The Morgan fingerprint density at radius 3 is 3.00 bits per heavy atom. The van der Waals surface area contributed by atoms with Crippen molar-refractivity contribution in [2.75, 3.05) is 19.7 Å². The number of carbonyl (C=O) groups is 1. The van der Waals surface area contributed by atoms with Gasteiger partial charge in [0.15, 0.2) is 0 Å². The third-order valence-electron chi connectivity index (χ3n) is 3.26. The molecule has 0 aromatic rings. The first-order chi connectivity index (χ1) is 7.76. The Kier molecular flexibility index (Phi) is 6.42. The van der Waals surface area contributed by atoms with Crippen molar-refractivity contribution in [1.82, 2.24) is 10.6 Å². The van der Waals surface area contributed by atoms with Crippen LogP contribution in [0.1, 0.15) is 39.0 Å². The number of piperidine rings is 1. The first kappa shape index (κ1) is 13.5. The second-order valence-electron chi connectivity index (χ2n) is 4.61. The van der Waals surface area contributed by atoms with Crippen LogP contribution in [0, 0.1) is 5.92 Å². The Balaban J connectivity index is 2.13. The molecule has 0 radical (unpaired) electrons. The predicted molar refractivity (Wildman–Crippen MR) is 64.1 cm³/mol. The first-order valence-electron chi connectivity index (χ1n) is 6.37. The molecule has 0 aliphatic carbocycles. The minimum Gasteiger partial charge on any atom is -0.394 e. The normalized spacial score (nSPS) is 22.8. The number of hydrogen-bond donors (Lipinski definition) is 3. The van der Waals surface area contributed by atoms with Gasteiger partial charge in [0.05, 0.1) is 12.6 Å². The van der Waals surface area contributed by atoms with Crippen LogP contribution in [-0.4, -0.2) is 36.8 Å². The molecule has 2 atom stereocenters. The summed E-state index contributed by atoms with van der Waals surface area (Å²) in [7, 11) is 0. The van der Waals surface area contributed by atoms with E-state index in [1.54, 1.807) is 0 Å². The van der Waals surface area contributed by atoms with Gasteiger partial charge >= 0.3 is 0 Å². The van der Waals surface area contributed by atoms with Crippen molar-refractivity contribution >= 4 is 5.91 Å².